The zero-order valence-electron chi connectivity index (χ0n) is 21.3. The van der Waals surface area contributed by atoms with Crippen LogP contribution < -0.4 is 11.1 Å². The molecule has 1 spiro atoms. The lowest BCUT2D eigenvalue weighted by atomic mass is 9.73. The van der Waals surface area contributed by atoms with E-state index in [1.54, 1.807) is 23.6 Å². The average Bonchev–Trinajstić information content (AvgIpc) is 3.41. The number of nitrogens with two attached hydrogens (primary N) is 1. The molecule has 36 heavy (non-hydrogen) atoms. The summed E-state index contributed by atoms with van der Waals surface area (Å²) in [6, 6.07) is 18.8. The van der Waals surface area contributed by atoms with E-state index in [4.69, 9.17) is 10.5 Å². The van der Waals surface area contributed by atoms with Crippen LogP contribution in [0, 0.1) is 5.41 Å². The Balaban J connectivity index is 1.51. The number of nitrogens with one attached hydrogen (secondary N) is 1. The Morgan fingerprint density at radius 1 is 1.14 bits per heavy atom. The normalized spacial score (nSPS) is 22.8. The topological polar surface area (TPSA) is 105 Å². The molecule has 2 heterocycles. The number of likely N-dealkylation sites (tertiary alicyclic amines) is 2. The number of carbonyl (C=O) groups is 3. The first kappa shape index (κ1) is 25.9. The second-order valence-electron chi connectivity index (χ2n) is 10.6. The first-order valence-corrected chi connectivity index (χ1v) is 12.4. The van der Waals surface area contributed by atoms with Crippen molar-refractivity contribution in [3.63, 3.8) is 0 Å². The molecule has 192 valence electrons. The maximum atomic E-state index is 13.7. The standard InChI is InChI=1S/C28H36N4O4/c1-27(2,29)25(34)30-23(18-36-17-20-10-6-4-7-11-20)24(33)32-15-14-28(19-32)22(16-31(3)26(28)35)21-12-8-5-9-13-21/h4-13,22-23H,14-19,29H2,1-3H3,(H,30,34). The molecule has 3 N–H and O–H groups in total. The smallest absolute Gasteiger partial charge is 0.247 e. The van der Waals surface area contributed by atoms with E-state index in [1.165, 1.54) is 0 Å². The van der Waals surface area contributed by atoms with Crippen molar-refractivity contribution in [2.45, 2.75) is 44.4 Å². The molecule has 2 aliphatic heterocycles. The summed E-state index contributed by atoms with van der Waals surface area (Å²) < 4.78 is 5.84. The van der Waals surface area contributed by atoms with Crippen LogP contribution in [-0.2, 0) is 25.7 Å². The molecule has 0 bridgehead atoms. The van der Waals surface area contributed by atoms with Gasteiger partial charge in [0.05, 0.1) is 24.2 Å². The number of rotatable bonds is 8. The number of nitrogens with zero attached hydrogens (tertiary/aromatic N) is 2. The van der Waals surface area contributed by atoms with Crippen LogP contribution in [-0.4, -0.2) is 72.4 Å². The SMILES string of the molecule is CN1CC(c2ccccc2)C2(CCN(C(=O)C(COCc3ccccc3)NC(=O)C(C)(C)N)C2)C1=O. The van der Waals surface area contributed by atoms with Crippen LogP contribution in [0.5, 0.6) is 0 Å². The predicted octanol–water partition coefficient (Wildman–Crippen LogP) is 1.90. The molecule has 0 aliphatic carbocycles. The van der Waals surface area contributed by atoms with Crippen molar-refractivity contribution in [2.75, 3.05) is 33.3 Å². The van der Waals surface area contributed by atoms with Gasteiger partial charge in [-0.05, 0) is 31.4 Å². The fourth-order valence-corrected chi connectivity index (χ4v) is 5.26. The summed E-state index contributed by atoms with van der Waals surface area (Å²) in [6.45, 7) is 4.88. The first-order valence-electron chi connectivity index (χ1n) is 12.4. The molecule has 3 amide bonds. The van der Waals surface area contributed by atoms with E-state index in [1.807, 2.05) is 67.7 Å². The van der Waals surface area contributed by atoms with Crippen molar-refractivity contribution in [1.82, 2.24) is 15.1 Å². The fourth-order valence-electron chi connectivity index (χ4n) is 5.26. The third kappa shape index (κ3) is 5.29. The highest BCUT2D eigenvalue weighted by atomic mass is 16.5. The van der Waals surface area contributed by atoms with Crippen LogP contribution in [0.15, 0.2) is 60.7 Å². The maximum absolute atomic E-state index is 13.7. The highest BCUT2D eigenvalue weighted by Crippen LogP contribution is 2.49. The lowest BCUT2D eigenvalue weighted by Gasteiger charge is -2.30. The van der Waals surface area contributed by atoms with Crippen molar-refractivity contribution in [1.29, 1.82) is 0 Å². The molecule has 8 heteroatoms. The molecular weight excluding hydrogens is 456 g/mol. The number of hydrogen-bond acceptors (Lipinski definition) is 5. The highest BCUT2D eigenvalue weighted by Gasteiger charge is 2.57. The van der Waals surface area contributed by atoms with Gasteiger partial charge in [-0.2, -0.15) is 0 Å². The van der Waals surface area contributed by atoms with Crippen molar-refractivity contribution in [2.24, 2.45) is 11.1 Å². The van der Waals surface area contributed by atoms with Gasteiger partial charge in [-0.3, -0.25) is 14.4 Å². The minimum absolute atomic E-state index is 0.000605. The molecule has 2 aromatic carbocycles. The Bertz CT molecular complexity index is 1090. The summed E-state index contributed by atoms with van der Waals surface area (Å²) in [6.07, 6.45) is 0.579. The van der Waals surface area contributed by atoms with E-state index in [2.05, 4.69) is 5.32 Å². The maximum Gasteiger partial charge on any atom is 0.247 e. The second kappa shape index (κ2) is 10.4. The molecule has 4 rings (SSSR count). The van der Waals surface area contributed by atoms with E-state index in [0.717, 1.165) is 11.1 Å². The minimum atomic E-state index is -1.15. The lowest BCUT2D eigenvalue weighted by molar-refractivity contribution is -0.140. The van der Waals surface area contributed by atoms with Gasteiger partial charge in [-0.1, -0.05) is 60.7 Å². The Morgan fingerprint density at radius 2 is 1.78 bits per heavy atom. The van der Waals surface area contributed by atoms with Crippen molar-refractivity contribution in [3.8, 4) is 0 Å². The summed E-state index contributed by atoms with van der Waals surface area (Å²) in [4.78, 5) is 43.2. The molecule has 0 radical (unpaired) electrons. The molecule has 8 nitrogen and oxygen atoms in total. The summed E-state index contributed by atoms with van der Waals surface area (Å²) in [5, 5.41) is 2.79. The number of benzene rings is 2. The third-order valence-corrected chi connectivity index (χ3v) is 7.30. The quantitative estimate of drug-likeness (QED) is 0.586. The largest absolute Gasteiger partial charge is 0.374 e. The van der Waals surface area contributed by atoms with Gasteiger partial charge in [-0.25, -0.2) is 0 Å². The number of hydrogen-bond donors (Lipinski definition) is 2. The van der Waals surface area contributed by atoms with Gasteiger partial charge in [-0.15, -0.1) is 0 Å². The van der Waals surface area contributed by atoms with Gasteiger partial charge in [0.1, 0.15) is 6.04 Å². The zero-order valence-corrected chi connectivity index (χ0v) is 21.3. The van der Waals surface area contributed by atoms with Gasteiger partial charge in [0.25, 0.3) is 0 Å². The summed E-state index contributed by atoms with van der Waals surface area (Å²) >= 11 is 0. The summed E-state index contributed by atoms with van der Waals surface area (Å²) in [5.74, 6) is -0.626. The average molecular weight is 493 g/mol. The molecule has 3 atom stereocenters. The number of amides is 3. The van der Waals surface area contributed by atoms with E-state index < -0.39 is 22.9 Å². The van der Waals surface area contributed by atoms with Gasteiger partial charge in [0.2, 0.25) is 17.7 Å². The third-order valence-electron chi connectivity index (χ3n) is 7.30. The molecule has 2 fully saturated rings. The van der Waals surface area contributed by atoms with Gasteiger partial charge in [0.15, 0.2) is 0 Å². The first-order chi connectivity index (χ1) is 17.1. The van der Waals surface area contributed by atoms with Crippen LogP contribution in [0.1, 0.15) is 37.3 Å². The summed E-state index contributed by atoms with van der Waals surface area (Å²) in [7, 11) is 1.82. The van der Waals surface area contributed by atoms with Crippen LogP contribution >= 0.6 is 0 Å². The van der Waals surface area contributed by atoms with Gasteiger partial charge < -0.3 is 25.6 Å². The van der Waals surface area contributed by atoms with Crippen LogP contribution in [0.3, 0.4) is 0 Å². The van der Waals surface area contributed by atoms with Crippen molar-refractivity contribution >= 4 is 17.7 Å². The summed E-state index contributed by atoms with van der Waals surface area (Å²) in [5.41, 5.74) is 6.24. The number of carbonyl (C=O) groups excluding carboxylic acids is 3. The highest BCUT2D eigenvalue weighted by molar-refractivity contribution is 5.93. The van der Waals surface area contributed by atoms with Gasteiger partial charge >= 0.3 is 0 Å². The van der Waals surface area contributed by atoms with E-state index >= 15 is 0 Å². The lowest BCUT2D eigenvalue weighted by Crippen LogP contribution is -2.57. The zero-order chi connectivity index (χ0) is 25.9. The molecule has 2 aromatic rings. The predicted molar refractivity (Wildman–Crippen MR) is 137 cm³/mol. The fraction of sp³-hybridized carbons (Fsp3) is 0.464. The van der Waals surface area contributed by atoms with E-state index in [9.17, 15) is 14.4 Å². The second-order valence-corrected chi connectivity index (χ2v) is 10.6. The van der Waals surface area contributed by atoms with Crippen LogP contribution in [0.2, 0.25) is 0 Å². The minimum Gasteiger partial charge on any atom is -0.374 e. The molecule has 0 saturated carbocycles. The molecule has 2 aliphatic rings. The van der Waals surface area contributed by atoms with Crippen molar-refractivity contribution < 1.29 is 19.1 Å². The Kier molecular flexibility index (Phi) is 7.47. The molecular formula is C28H36N4O4. The number of ether oxygens (including phenoxy) is 1. The Hall–Kier alpha value is -3.23. The van der Waals surface area contributed by atoms with Crippen molar-refractivity contribution in [3.05, 3.63) is 71.8 Å². The molecule has 2 saturated heterocycles. The molecule has 3 unspecified atom stereocenters. The van der Waals surface area contributed by atoms with E-state index in [-0.39, 0.29) is 24.3 Å². The van der Waals surface area contributed by atoms with Crippen LogP contribution in [0.25, 0.3) is 0 Å². The molecule has 0 aromatic heterocycles. The van der Waals surface area contributed by atoms with Gasteiger partial charge in [0, 0.05) is 32.6 Å². The number of likely N-dealkylation sites (N-methyl/N-ethyl adjacent to an activating group) is 1. The van der Waals surface area contributed by atoms with E-state index in [0.29, 0.717) is 32.7 Å². The van der Waals surface area contributed by atoms with Crippen LogP contribution in [0.4, 0.5) is 0 Å². The monoisotopic (exact) mass is 492 g/mol. The Morgan fingerprint density at radius 3 is 2.42 bits per heavy atom. The Labute approximate surface area is 212 Å².